The number of carboxylic acids is 1. The first-order valence-corrected chi connectivity index (χ1v) is 10.5. The zero-order valence-electron chi connectivity index (χ0n) is 17.9. The number of aromatic nitrogens is 1. The lowest BCUT2D eigenvalue weighted by Gasteiger charge is -2.35. The number of nitrogens with zero attached hydrogens (tertiary/aromatic N) is 2. The molecule has 2 heterocycles. The number of hydrogen-bond donors (Lipinski definition) is 2. The van der Waals surface area contributed by atoms with Crippen LogP contribution in [0.3, 0.4) is 0 Å². The third-order valence-electron chi connectivity index (χ3n) is 6.30. The van der Waals surface area contributed by atoms with Gasteiger partial charge in [0.15, 0.2) is 11.6 Å². The third kappa shape index (κ3) is 3.74. The van der Waals surface area contributed by atoms with Gasteiger partial charge in [-0.1, -0.05) is 0 Å². The van der Waals surface area contributed by atoms with Crippen molar-refractivity contribution in [2.75, 3.05) is 25.1 Å². The number of ether oxygens (including phenoxy) is 1. The van der Waals surface area contributed by atoms with Crippen molar-refractivity contribution in [1.82, 2.24) is 4.57 Å². The normalized spacial score (nSPS) is 16.0. The molecule has 2 N–H and O–H groups in total. The second-order valence-corrected chi connectivity index (χ2v) is 8.12. The number of aliphatic hydroxyl groups is 1. The van der Waals surface area contributed by atoms with Gasteiger partial charge in [-0.3, -0.25) is 0 Å². The molecule has 0 spiro atoms. The lowest BCUT2D eigenvalue weighted by atomic mass is 10.0. The minimum Gasteiger partial charge on any atom is -0.494 e. The molecule has 0 bridgehead atoms. The smallest absolute Gasteiger partial charge is 0.335 e. The molecule has 0 saturated carbocycles. The summed E-state index contributed by atoms with van der Waals surface area (Å²) in [6.45, 7) is 5.32. The molecule has 1 aromatic heterocycles. The molecule has 6 nitrogen and oxygen atoms in total. The summed E-state index contributed by atoms with van der Waals surface area (Å²) in [7, 11) is 1.45. The van der Waals surface area contributed by atoms with Crippen molar-refractivity contribution in [2.24, 2.45) is 0 Å². The van der Waals surface area contributed by atoms with Gasteiger partial charge in [0.2, 0.25) is 0 Å². The lowest BCUT2D eigenvalue weighted by Crippen LogP contribution is -2.34. The van der Waals surface area contributed by atoms with Gasteiger partial charge in [-0.15, -0.1) is 0 Å². The van der Waals surface area contributed by atoms with E-state index in [1.54, 1.807) is 25.1 Å². The van der Waals surface area contributed by atoms with E-state index in [4.69, 9.17) is 9.84 Å². The Hall–Kier alpha value is -3.06. The van der Waals surface area contributed by atoms with E-state index in [0.29, 0.717) is 0 Å². The van der Waals surface area contributed by atoms with E-state index in [2.05, 4.69) is 9.47 Å². The van der Waals surface area contributed by atoms with Gasteiger partial charge in [0.25, 0.3) is 0 Å². The minimum absolute atomic E-state index is 0.194. The van der Waals surface area contributed by atoms with Crippen LogP contribution < -0.4 is 9.64 Å². The Labute approximate surface area is 180 Å². The van der Waals surface area contributed by atoms with Crippen molar-refractivity contribution in [1.29, 1.82) is 0 Å². The van der Waals surface area contributed by atoms with Gasteiger partial charge in [-0.25, -0.2) is 9.18 Å². The Morgan fingerprint density at radius 3 is 2.39 bits per heavy atom. The van der Waals surface area contributed by atoms with Crippen LogP contribution in [0.4, 0.5) is 10.1 Å². The molecule has 1 saturated heterocycles. The maximum atomic E-state index is 14.4. The van der Waals surface area contributed by atoms with Gasteiger partial charge in [0, 0.05) is 47.5 Å². The average molecular weight is 426 g/mol. The average Bonchev–Trinajstić information content (AvgIpc) is 3.04. The van der Waals surface area contributed by atoms with Crippen LogP contribution in [0.25, 0.3) is 10.9 Å². The minimum atomic E-state index is -0.930. The van der Waals surface area contributed by atoms with E-state index in [0.717, 1.165) is 53.8 Å². The maximum absolute atomic E-state index is 14.4. The second-order valence-electron chi connectivity index (χ2n) is 8.12. The van der Waals surface area contributed by atoms with Crippen molar-refractivity contribution in [3.05, 3.63) is 59.0 Å². The van der Waals surface area contributed by atoms with E-state index in [1.165, 1.54) is 13.2 Å². The monoisotopic (exact) mass is 426 g/mol. The number of benzene rings is 2. The predicted octanol–water partition coefficient (Wildman–Crippen LogP) is 4.69. The van der Waals surface area contributed by atoms with Crippen molar-refractivity contribution in [3.8, 4) is 5.75 Å². The number of hydrogen-bond acceptors (Lipinski definition) is 4. The topological polar surface area (TPSA) is 74.9 Å². The number of rotatable bonds is 5. The highest BCUT2D eigenvalue weighted by Crippen LogP contribution is 2.39. The number of piperidine rings is 1. The SMILES string of the molecule is COc1cc2c(cc1F)c(C(C)O)c(C)n2C1CCN(c2ccc(C(=O)O)cc2)CC1. The first-order chi connectivity index (χ1) is 14.8. The van der Waals surface area contributed by atoms with E-state index in [9.17, 15) is 14.3 Å². The van der Waals surface area contributed by atoms with Gasteiger partial charge in [-0.05, 0) is 57.0 Å². The molecule has 1 atom stereocenters. The number of halogens is 1. The summed E-state index contributed by atoms with van der Waals surface area (Å²) >= 11 is 0. The molecule has 1 fully saturated rings. The number of anilines is 1. The molecule has 0 aliphatic carbocycles. The number of aromatic carboxylic acids is 1. The second kappa shape index (κ2) is 8.23. The van der Waals surface area contributed by atoms with Crippen molar-refractivity contribution < 1.29 is 24.1 Å². The predicted molar refractivity (Wildman–Crippen MR) is 118 cm³/mol. The summed E-state index contributed by atoms with van der Waals surface area (Å²) < 4.78 is 21.8. The Kier molecular flexibility index (Phi) is 5.62. The molecule has 1 aliphatic heterocycles. The summed E-state index contributed by atoms with van der Waals surface area (Å²) in [4.78, 5) is 13.3. The zero-order valence-corrected chi connectivity index (χ0v) is 17.9. The third-order valence-corrected chi connectivity index (χ3v) is 6.30. The summed E-state index contributed by atoms with van der Waals surface area (Å²) in [5, 5.41) is 20.2. The Balaban J connectivity index is 1.64. The fraction of sp³-hybridized carbons (Fsp3) is 0.375. The van der Waals surface area contributed by atoms with E-state index in [1.807, 2.05) is 19.1 Å². The summed E-state index contributed by atoms with van der Waals surface area (Å²) in [6, 6.07) is 10.3. The van der Waals surface area contributed by atoms with E-state index >= 15 is 0 Å². The van der Waals surface area contributed by atoms with Gasteiger partial charge in [0.1, 0.15) is 0 Å². The molecule has 31 heavy (non-hydrogen) atoms. The Bertz CT molecular complexity index is 1110. The van der Waals surface area contributed by atoms with Crippen LogP contribution in [0.1, 0.15) is 53.5 Å². The van der Waals surface area contributed by atoms with Crippen molar-refractivity contribution in [3.63, 3.8) is 0 Å². The molecule has 2 aromatic carbocycles. The van der Waals surface area contributed by atoms with Crippen LogP contribution in [-0.4, -0.2) is 40.9 Å². The molecule has 1 aliphatic rings. The number of carboxylic acid groups (broad SMARTS) is 1. The van der Waals surface area contributed by atoms with Crippen LogP contribution in [0.15, 0.2) is 36.4 Å². The number of carbonyl (C=O) groups is 1. The van der Waals surface area contributed by atoms with E-state index < -0.39 is 17.9 Å². The molecular formula is C24H27FN2O4. The van der Waals surface area contributed by atoms with Crippen molar-refractivity contribution in [2.45, 2.75) is 38.8 Å². The van der Waals surface area contributed by atoms with Crippen LogP contribution in [-0.2, 0) is 0 Å². The Morgan fingerprint density at radius 2 is 1.84 bits per heavy atom. The molecular weight excluding hydrogens is 399 g/mol. The molecule has 4 rings (SSSR count). The van der Waals surface area contributed by atoms with Crippen LogP contribution in [0.2, 0.25) is 0 Å². The number of fused-ring (bicyclic) bond motifs is 1. The standard InChI is InChI=1S/C24H27FN2O4/c1-14-23(15(2)28)19-12-20(25)22(31-3)13-21(19)27(14)18-8-10-26(11-9-18)17-6-4-16(5-7-17)24(29)30/h4-7,12-13,15,18,28H,8-11H2,1-3H3,(H,29,30). The van der Waals surface area contributed by atoms with Gasteiger partial charge in [-0.2, -0.15) is 0 Å². The van der Waals surface area contributed by atoms with Gasteiger partial charge < -0.3 is 24.4 Å². The first-order valence-electron chi connectivity index (χ1n) is 10.5. The highest BCUT2D eigenvalue weighted by atomic mass is 19.1. The first kappa shape index (κ1) is 21.2. The molecule has 164 valence electrons. The van der Waals surface area contributed by atoms with Crippen LogP contribution in [0, 0.1) is 12.7 Å². The number of methoxy groups -OCH3 is 1. The number of aliphatic hydroxyl groups excluding tert-OH is 1. The molecule has 7 heteroatoms. The van der Waals surface area contributed by atoms with E-state index in [-0.39, 0.29) is 17.4 Å². The fourth-order valence-corrected chi connectivity index (χ4v) is 4.81. The maximum Gasteiger partial charge on any atom is 0.335 e. The fourth-order valence-electron chi connectivity index (χ4n) is 4.81. The molecule has 1 unspecified atom stereocenters. The Morgan fingerprint density at radius 1 is 1.19 bits per heavy atom. The highest BCUT2D eigenvalue weighted by Gasteiger charge is 2.27. The van der Waals surface area contributed by atoms with Crippen LogP contribution >= 0.6 is 0 Å². The highest BCUT2D eigenvalue weighted by molar-refractivity contribution is 5.88. The quantitative estimate of drug-likeness (QED) is 0.619. The largest absolute Gasteiger partial charge is 0.494 e. The van der Waals surface area contributed by atoms with Crippen LogP contribution in [0.5, 0.6) is 5.75 Å². The van der Waals surface area contributed by atoms with Gasteiger partial charge in [0.05, 0.1) is 24.3 Å². The summed E-state index contributed by atoms with van der Waals surface area (Å²) in [5.74, 6) is -1.17. The summed E-state index contributed by atoms with van der Waals surface area (Å²) in [5.41, 5.74) is 3.85. The summed E-state index contributed by atoms with van der Waals surface area (Å²) in [6.07, 6.45) is 1.05. The zero-order chi connectivity index (χ0) is 22.3. The molecule has 0 amide bonds. The van der Waals surface area contributed by atoms with Gasteiger partial charge >= 0.3 is 5.97 Å². The van der Waals surface area contributed by atoms with Crippen molar-refractivity contribution >= 4 is 22.6 Å². The lowest BCUT2D eigenvalue weighted by molar-refractivity contribution is 0.0697. The molecule has 0 radical (unpaired) electrons. The molecule has 3 aromatic rings.